The SMILES string of the molecule is CC/C=C\C/C=C\C/C=C\CCCCCCCC(=O)NCCOCCOCCOCCC(C)=O. The minimum absolute atomic E-state index is 0.101. The predicted molar refractivity (Wildman–Crippen MR) is 140 cm³/mol. The van der Waals surface area contributed by atoms with Crippen molar-refractivity contribution in [2.75, 3.05) is 46.2 Å². The first-order valence-corrected chi connectivity index (χ1v) is 13.1. The molecule has 0 aliphatic rings. The third kappa shape index (κ3) is 28.3. The van der Waals surface area contributed by atoms with Gasteiger partial charge in [0.1, 0.15) is 5.78 Å². The molecular weight excluding hydrogens is 430 g/mol. The molecule has 0 saturated carbocycles. The molecule has 0 radical (unpaired) electrons. The van der Waals surface area contributed by atoms with Crippen LogP contribution in [-0.4, -0.2) is 57.9 Å². The number of hydrogen-bond acceptors (Lipinski definition) is 5. The van der Waals surface area contributed by atoms with Crippen LogP contribution in [0.25, 0.3) is 0 Å². The van der Waals surface area contributed by atoms with Crippen molar-refractivity contribution in [3.8, 4) is 0 Å². The van der Waals surface area contributed by atoms with Gasteiger partial charge in [0.25, 0.3) is 0 Å². The second kappa shape index (κ2) is 27.5. The fourth-order valence-electron chi connectivity index (χ4n) is 3.01. The van der Waals surface area contributed by atoms with Gasteiger partial charge >= 0.3 is 0 Å². The van der Waals surface area contributed by atoms with Crippen LogP contribution in [0.5, 0.6) is 0 Å². The van der Waals surface area contributed by atoms with Crippen molar-refractivity contribution in [2.45, 2.75) is 84.5 Å². The number of carbonyl (C=O) groups excluding carboxylic acids is 2. The van der Waals surface area contributed by atoms with E-state index in [4.69, 9.17) is 14.2 Å². The Morgan fingerprint density at radius 3 is 1.88 bits per heavy atom. The van der Waals surface area contributed by atoms with Crippen molar-refractivity contribution in [3.63, 3.8) is 0 Å². The van der Waals surface area contributed by atoms with Gasteiger partial charge in [-0.2, -0.15) is 0 Å². The van der Waals surface area contributed by atoms with Crippen molar-refractivity contribution >= 4 is 11.7 Å². The fraction of sp³-hybridized carbons (Fsp3) is 0.714. The summed E-state index contributed by atoms with van der Waals surface area (Å²) in [5, 5.41) is 2.90. The van der Waals surface area contributed by atoms with E-state index in [1.54, 1.807) is 6.92 Å². The summed E-state index contributed by atoms with van der Waals surface area (Å²) in [6.07, 6.45) is 24.4. The normalized spacial score (nSPS) is 11.8. The number of ether oxygens (including phenoxy) is 3. The van der Waals surface area contributed by atoms with Gasteiger partial charge < -0.3 is 19.5 Å². The Balaban J connectivity index is 3.27. The molecule has 1 N–H and O–H groups in total. The Morgan fingerprint density at radius 2 is 1.21 bits per heavy atom. The van der Waals surface area contributed by atoms with Crippen LogP contribution in [0, 0.1) is 0 Å². The van der Waals surface area contributed by atoms with Crippen LogP contribution in [-0.2, 0) is 23.8 Å². The van der Waals surface area contributed by atoms with Gasteiger partial charge in [0, 0.05) is 19.4 Å². The zero-order chi connectivity index (χ0) is 25.0. The summed E-state index contributed by atoms with van der Waals surface area (Å²) in [6, 6.07) is 0. The van der Waals surface area contributed by atoms with Crippen LogP contribution >= 0.6 is 0 Å². The highest BCUT2D eigenvalue weighted by molar-refractivity contribution is 5.75. The monoisotopic (exact) mass is 479 g/mol. The number of Topliss-reactive ketones (excluding diaryl/α,β-unsaturated/α-hetero) is 1. The number of amides is 1. The van der Waals surface area contributed by atoms with E-state index in [2.05, 4.69) is 48.7 Å². The molecule has 0 heterocycles. The fourth-order valence-corrected chi connectivity index (χ4v) is 3.01. The summed E-state index contributed by atoms with van der Waals surface area (Å²) in [5.74, 6) is 0.231. The molecule has 0 atom stereocenters. The van der Waals surface area contributed by atoms with E-state index < -0.39 is 0 Å². The Morgan fingerprint density at radius 1 is 0.647 bits per heavy atom. The van der Waals surface area contributed by atoms with Crippen molar-refractivity contribution in [2.24, 2.45) is 0 Å². The third-order valence-corrected chi connectivity index (χ3v) is 4.97. The zero-order valence-electron chi connectivity index (χ0n) is 21.7. The quantitative estimate of drug-likeness (QED) is 0.134. The molecule has 34 heavy (non-hydrogen) atoms. The number of hydrogen-bond donors (Lipinski definition) is 1. The summed E-state index contributed by atoms with van der Waals surface area (Å²) < 4.78 is 16.1. The van der Waals surface area contributed by atoms with Crippen LogP contribution in [0.3, 0.4) is 0 Å². The number of allylic oxidation sites excluding steroid dienone is 6. The van der Waals surface area contributed by atoms with Crippen molar-refractivity contribution in [3.05, 3.63) is 36.5 Å². The minimum atomic E-state index is 0.101. The van der Waals surface area contributed by atoms with E-state index >= 15 is 0 Å². The summed E-state index contributed by atoms with van der Waals surface area (Å²) >= 11 is 0. The van der Waals surface area contributed by atoms with Crippen LogP contribution in [0.15, 0.2) is 36.5 Å². The smallest absolute Gasteiger partial charge is 0.220 e. The van der Waals surface area contributed by atoms with E-state index in [0.717, 1.165) is 38.5 Å². The van der Waals surface area contributed by atoms with Crippen molar-refractivity contribution in [1.29, 1.82) is 0 Å². The average molecular weight is 480 g/mol. The average Bonchev–Trinajstić information content (AvgIpc) is 2.82. The second-order valence-electron chi connectivity index (χ2n) is 8.24. The number of carbonyl (C=O) groups is 2. The Hall–Kier alpha value is -1.76. The molecule has 6 heteroatoms. The largest absolute Gasteiger partial charge is 0.379 e. The lowest BCUT2D eigenvalue weighted by Crippen LogP contribution is -2.27. The highest BCUT2D eigenvalue weighted by atomic mass is 16.5. The second-order valence-corrected chi connectivity index (χ2v) is 8.24. The van der Waals surface area contributed by atoms with Gasteiger partial charge in [-0.05, 0) is 45.4 Å². The Labute approximate surface area is 208 Å². The highest BCUT2D eigenvalue weighted by Gasteiger charge is 2.00. The van der Waals surface area contributed by atoms with E-state index in [1.165, 1.54) is 19.3 Å². The molecule has 196 valence electrons. The minimum Gasteiger partial charge on any atom is -0.379 e. The molecule has 0 fully saturated rings. The summed E-state index contributed by atoms with van der Waals surface area (Å²) in [6.45, 7) is 7.13. The van der Waals surface area contributed by atoms with Gasteiger partial charge in [0.2, 0.25) is 5.91 Å². The molecule has 0 rings (SSSR count). The van der Waals surface area contributed by atoms with Crippen LogP contribution in [0.4, 0.5) is 0 Å². The van der Waals surface area contributed by atoms with Crippen LogP contribution in [0.1, 0.15) is 84.5 Å². The van der Waals surface area contributed by atoms with Crippen LogP contribution in [0.2, 0.25) is 0 Å². The van der Waals surface area contributed by atoms with Crippen molar-refractivity contribution < 1.29 is 23.8 Å². The maximum atomic E-state index is 11.8. The maximum Gasteiger partial charge on any atom is 0.220 e. The molecule has 6 nitrogen and oxygen atoms in total. The highest BCUT2D eigenvalue weighted by Crippen LogP contribution is 2.08. The summed E-state index contributed by atoms with van der Waals surface area (Å²) in [7, 11) is 0. The van der Waals surface area contributed by atoms with Gasteiger partial charge in [-0.25, -0.2) is 0 Å². The topological polar surface area (TPSA) is 73.9 Å². The first-order valence-electron chi connectivity index (χ1n) is 13.1. The maximum absolute atomic E-state index is 11.8. The molecule has 0 aliphatic heterocycles. The lowest BCUT2D eigenvalue weighted by atomic mass is 10.1. The number of rotatable bonds is 25. The molecule has 0 aromatic heterocycles. The predicted octanol–water partition coefficient (Wildman–Crippen LogP) is 5.72. The molecule has 0 aliphatic carbocycles. The van der Waals surface area contributed by atoms with Gasteiger partial charge in [-0.3, -0.25) is 9.59 Å². The summed E-state index contributed by atoms with van der Waals surface area (Å²) in [5.41, 5.74) is 0. The molecule has 0 saturated heterocycles. The first kappa shape index (κ1) is 32.2. The number of unbranched alkanes of at least 4 members (excludes halogenated alkanes) is 5. The van der Waals surface area contributed by atoms with Crippen LogP contribution < -0.4 is 5.32 Å². The van der Waals surface area contributed by atoms with E-state index in [-0.39, 0.29) is 11.7 Å². The van der Waals surface area contributed by atoms with E-state index in [9.17, 15) is 9.59 Å². The zero-order valence-corrected chi connectivity index (χ0v) is 21.7. The molecule has 0 spiro atoms. The van der Waals surface area contributed by atoms with E-state index in [0.29, 0.717) is 59.0 Å². The first-order chi connectivity index (χ1) is 16.7. The van der Waals surface area contributed by atoms with Gasteiger partial charge in [-0.1, -0.05) is 62.6 Å². The summed E-state index contributed by atoms with van der Waals surface area (Å²) in [4.78, 5) is 22.6. The van der Waals surface area contributed by atoms with Gasteiger partial charge in [-0.15, -0.1) is 0 Å². The Kier molecular flexibility index (Phi) is 26.1. The standard InChI is InChI=1S/C28H49NO5/c1-3-4-5-6-7-8-9-10-11-12-13-14-15-16-17-18-28(31)29-20-22-33-24-26-34-25-23-32-21-19-27(2)30/h4-5,7-8,10-11H,3,6,9,12-26H2,1-2H3,(H,29,31)/b5-4-,8-7-,11-10-. The molecular formula is C28H49NO5. The molecule has 0 aromatic rings. The van der Waals surface area contributed by atoms with E-state index in [1.807, 2.05) is 0 Å². The number of nitrogens with one attached hydrogen (secondary N) is 1. The van der Waals surface area contributed by atoms with Gasteiger partial charge in [0.05, 0.1) is 39.6 Å². The molecule has 0 unspecified atom stereocenters. The third-order valence-electron chi connectivity index (χ3n) is 4.97. The molecule has 1 amide bonds. The molecule has 0 aromatic carbocycles. The lowest BCUT2D eigenvalue weighted by molar-refractivity contribution is -0.121. The number of ketones is 1. The molecule has 0 bridgehead atoms. The Bertz CT molecular complexity index is 557. The van der Waals surface area contributed by atoms with Crippen molar-refractivity contribution in [1.82, 2.24) is 5.32 Å². The van der Waals surface area contributed by atoms with Gasteiger partial charge in [0.15, 0.2) is 0 Å². The lowest BCUT2D eigenvalue weighted by Gasteiger charge is -2.08.